The Morgan fingerprint density at radius 1 is 1.35 bits per heavy atom. The van der Waals surface area contributed by atoms with Crippen molar-refractivity contribution >= 4 is 45.7 Å². The molecule has 2 rings (SSSR count). The van der Waals surface area contributed by atoms with Gasteiger partial charge in [0.05, 0.1) is 11.3 Å². The summed E-state index contributed by atoms with van der Waals surface area (Å²) < 4.78 is 0. The number of carbonyl (C=O) groups is 2. The molecule has 0 aliphatic carbocycles. The number of hydrogen-bond donors (Lipinski definition) is 3. The number of primary amides is 1. The number of nitrogens with two attached hydrogens (primary N) is 2. The molecule has 0 saturated heterocycles. The van der Waals surface area contributed by atoms with Crippen LogP contribution in [0, 0.1) is 0 Å². The van der Waals surface area contributed by atoms with Gasteiger partial charge in [-0.25, -0.2) is 9.97 Å². The number of amides is 2. The quantitative estimate of drug-likeness (QED) is 0.706. The van der Waals surface area contributed by atoms with Crippen LogP contribution in [0.5, 0.6) is 0 Å². The molecule has 0 aliphatic heterocycles. The number of carbonyl (C=O) groups excluding carboxylic acids is 2. The van der Waals surface area contributed by atoms with Crippen LogP contribution in [0.15, 0.2) is 28.9 Å². The lowest BCUT2D eigenvalue weighted by Gasteiger charge is -2.05. The molecule has 0 saturated carbocycles. The van der Waals surface area contributed by atoms with E-state index in [1.165, 1.54) is 35.5 Å². The summed E-state index contributed by atoms with van der Waals surface area (Å²) in [5.74, 6) is -0.462. The smallest absolute Gasteiger partial charge is 0.251 e. The van der Waals surface area contributed by atoms with Crippen LogP contribution in [0.2, 0.25) is 0 Å². The number of aromatic nitrogens is 2. The molecule has 2 heterocycles. The zero-order valence-corrected chi connectivity index (χ0v) is 11.8. The molecule has 2 amide bonds. The predicted octanol–water partition coefficient (Wildman–Crippen LogP) is 0.950. The number of nitrogens with zero attached hydrogens (tertiary/aromatic N) is 2. The van der Waals surface area contributed by atoms with Crippen LogP contribution >= 0.6 is 23.1 Å². The lowest BCUT2D eigenvalue weighted by molar-refractivity contribution is -0.113. The van der Waals surface area contributed by atoms with Crippen molar-refractivity contribution in [1.29, 1.82) is 0 Å². The molecule has 0 spiro atoms. The summed E-state index contributed by atoms with van der Waals surface area (Å²) in [6.45, 7) is 0. The first-order valence-corrected chi connectivity index (χ1v) is 7.31. The summed E-state index contributed by atoms with van der Waals surface area (Å²) in [7, 11) is 0. The molecule has 0 unspecified atom stereocenters. The van der Waals surface area contributed by atoms with Crippen molar-refractivity contribution in [2.24, 2.45) is 5.73 Å². The highest BCUT2D eigenvalue weighted by atomic mass is 32.2. The maximum Gasteiger partial charge on any atom is 0.251 e. The first-order valence-electron chi connectivity index (χ1n) is 5.44. The van der Waals surface area contributed by atoms with Crippen LogP contribution in [0.3, 0.4) is 0 Å². The summed E-state index contributed by atoms with van der Waals surface area (Å²) in [6, 6.07) is 1.57. The third-order valence-electron chi connectivity index (χ3n) is 2.21. The monoisotopic (exact) mass is 309 g/mol. The summed E-state index contributed by atoms with van der Waals surface area (Å²) in [5.41, 5.74) is 11.1. The van der Waals surface area contributed by atoms with Gasteiger partial charge in [0.15, 0.2) is 5.82 Å². The van der Waals surface area contributed by atoms with Crippen molar-refractivity contribution in [3.05, 3.63) is 29.4 Å². The Morgan fingerprint density at radius 3 is 2.80 bits per heavy atom. The SMILES string of the molecule is NC(=O)c1ccsc1NC(=O)CSc1nccnc1N. The zero-order chi connectivity index (χ0) is 14.5. The van der Waals surface area contributed by atoms with Gasteiger partial charge < -0.3 is 16.8 Å². The minimum Gasteiger partial charge on any atom is -0.381 e. The molecule has 2 aromatic rings. The minimum atomic E-state index is -0.577. The van der Waals surface area contributed by atoms with E-state index >= 15 is 0 Å². The molecule has 0 aromatic carbocycles. The topological polar surface area (TPSA) is 124 Å². The third kappa shape index (κ3) is 3.45. The van der Waals surface area contributed by atoms with Gasteiger partial charge in [0.2, 0.25) is 5.91 Å². The maximum atomic E-state index is 11.8. The van der Waals surface area contributed by atoms with E-state index in [1.807, 2.05) is 0 Å². The summed E-state index contributed by atoms with van der Waals surface area (Å²) in [5, 5.41) is 5.24. The standard InChI is InChI=1S/C11H11N5O2S2/c12-8-11(15-3-2-14-8)20-5-7(17)16-10-6(9(13)18)1-4-19-10/h1-4H,5H2,(H2,12,14)(H2,13,18)(H,16,17). The molecule has 0 bridgehead atoms. The number of thiophene rings is 1. The van der Waals surface area contributed by atoms with Gasteiger partial charge in [0.1, 0.15) is 10.0 Å². The van der Waals surface area contributed by atoms with E-state index < -0.39 is 5.91 Å². The van der Waals surface area contributed by atoms with Gasteiger partial charge >= 0.3 is 0 Å². The fourth-order valence-electron chi connectivity index (χ4n) is 1.34. The summed E-state index contributed by atoms with van der Waals surface area (Å²) in [4.78, 5) is 30.8. The van der Waals surface area contributed by atoms with Crippen LogP contribution in [-0.4, -0.2) is 27.5 Å². The Labute approximate surface area is 122 Å². The Hall–Kier alpha value is -2.13. The molecule has 9 heteroatoms. The predicted molar refractivity (Wildman–Crippen MR) is 78.6 cm³/mol. The van der Waals surface area contributed by atoms with Crippen LogP contribution in [-0.2, 0) is 4.79 Å². The highest BCUT2D eigenvalue weighted by Crippen LogP contribution is 2.24. The molecular formula is C11H11N5O2S2. The van der Waals surface area contributed by atoms with Crippen molar-refractivity contribution in [2.45, 2.75) is 5.03 Å². The molecule has 7 nitrogen and oxygen atoms in total. The highest BCUT2D eigenvalue weighted by molar-refractivity contribution is 8.00. The van der Waals surface area contributed by atoms with Gasteiger partial charge in [0, 0.05) is 12.4 Å². The third-order valence-corrected chi connectivity index (χ3v) is 4.04. The number of nitrogen functional groups attached to an aromatic ring is 1. The number of thioether (sulfide) groups is 1. The van der Waals surface area contributed by atoms with E-state index in [2.05, 4.69) is 15.3 Å². The summed E-state index contributed by atoms with van der Waals surface area (Å²) in [6.07, 6.45) is 2.98. The molecule has 20 heavy (non-hydrogen) atoms. The fourth-order valence-corrected chi connectivity index (χ4v) is 2.83. The first kappa shape index (κ1) is 14.3. The molecule has 2 aromatic heterocycles. The fraction of sp³-hybridized carbons (Fsp3) is 0.0909. The lowest BCUT2D eigenvalue weighted by Crippen LogP contribution is -2.17. The van der Waals surface area contributed by atoms with Gasteiger partial charge in [0.25, 0.3) is 5.91 Å². The number of rotatable bonds is 5. The van der Waals surface area contributed by atoms with Gasteiger partial charge in [-0.15, -0.1) is 11.3 Å². The van der Waals surface area contributed by atoms with Crippen molar-refractivity contribution in [3.63, 3.8) is 0 Å². The van der Waals surface area contributed by atoms with Crippen LogP contribution in [0.1, 0.15) is 10.4 Å². The van der Waals surface area contributed by atoms with Gasteiger partial charge in [-0.05, 0) is 11.4 Å². The van der Waals surface area contributed by atoms with E-state index in [0.717, 1.165) is 0 Å². The second kappa shape index (κ2) is 6.35. The Balaban J connectivity index is 1.95. The first-order chi connectivity index (χ1) is 9.58. The van der Waals surface area contributed by atoms with Crippen molar-refractivity contribution in [1.82, 2.24) is 9.97 Å². The second-order valence-corrected chi connectivity index (χ2v) is 5.49. The average molecular weight is 309 g/mol. The van der Waals surface area contributed by atoms with E-state index in [9.17, 15) is 9.59 Å². The Bertz CT molecular complexity index is 643. The Kier molecular flexibility index (Phi) is 4.53. The van der Waals surface area contributed by atoms with Crippen LogP contribution in [0.25, 0.3) is 0 Å². The number of anilines is 2. The van der Waals surface area contributed by atoms with E-state index in [0.29, 0.717) is 15.6 Å². The van der Waals surface area contributed by atoms with E-state index in [-0.39, 0.29) is 17.5 Å². The van der Waals surface area contributed by atoms with Gasteiger partial charge in [-0.3, -0.25) is 9.59 Å². The van der Waals surface area contributed by atoms with Crippen molar-refractivity contribution in [2.75, 3.05) is 16.8 Å². The molecule has 0 radical (unpaired) electrons. The van der Waals surface area contributed by atoms with Crippen LogP contribution in [0.4, 0.5) is 10.8 Å². The van der Waals surface area contributed by atoms with E-state index in [4.69, 9.17) is 11.5 Å². The molecule has 5 N–H and O–H groups in total. The number of hydrogen-bond acceptors (Lipinski definition) is 7. The van der Waals surface area contributed by atoms with Gasteiger partial charge in [-0.2, -0.15) is 0 Å². The van der Waals surface area contributed by atoms with Gasteiger partial charge in [-0.1, -0.05) is 11.8 Å². The molecule has 0 fully saturated rings. The van der Waals surface area contributed by atoms with Crippen molar-refractivity contribution in [3.8, 4) is 0 Å². The zero-order valence-electron chi connectivity index (χ0n) is 10.2. The van der Waals surface area contributed by atoms with Crippen LogP contribution < -0.4 is 16.8 Å². The maximum absolute atomic E-state index is 11.8. The van der Waals surface area contributed by atoms with Crippen molar-refractivity contribution < 1.29 is 9.59 Å². The molecule has 0 atom stereocenters. The normalized spacial score (nSPS) is 10.2. The molecule has 0 aliphatic rings. The van der Waals surface area contributed by atoms with E-state index in [1.54, 1.807) is 11.4 Å². The largest absolute Gasteiger partial charge is 0.381 e. The number of nitrogens with one attached hydrogen (secondary N) is 1. The average Bonchev–Trinajstić information content (AvgIpc) is 2.86. The second-order valence-electron chi connectivity index (χ2n) is 3.61. The molecular weight excluding hydrogens is 298 g/mol. The summed E-state index contributed by atoms with van der Waals surface area (Å²) >= 11 is 2.41. The molecule has 104 valence electrons. The highest BCUT2D eigenvalue weighted by Gasteiger charge is 2.13. The Morgan fingerprint density at radius 2 is 2.10 bits per heavy atom. The lowest BCUT2D eigenvalue weighted by atomic mass is 10.3. The minimum absolute atomic E-state index is 0.110.